The number of pyridine rings is 1. The number of piperidine rings is 1. The fourth-order valence-corrected chi connectivity index (χ4v) is 4.74. The molecule has 0 bridgehead atoms. The molecule has 2 fully saturated rings. The van der Waals surface area contributed by atoms with E-state index < -0.39 is 0 Å². The van der Waals surface area contributed by atoms with Crippen LogP contribution in [0.1, 0.15) is 49.2 Å². The molecule has 7 heteroatoms. The molecule has 2 aromatic heterocycles. The van der Waals surface area contributed by atoms with Gasteiger partial charge >= 0.3 is 0 Å². The highest BCUT2D eigenvalue weighted by Gasteiger charge is 2.31. The lowest BCUT2D eigenvalue weighted by atomic mass is 10.0. The number of halogens is 1. The highest BCUT2D eigenvalue weighted by Crippen LogP contribution is 2.35. The number of amides is 1. The molecular formula is C24H25ClN4O2. The second kappa shape index (κ2) is 8.81. The summed E-state index contributed by atoms with van der Waals surface area (Å²) < 4.78 is 8.22. The van der Waals surface area contributed by atoms with E-state index in [1.165, 1.54) is 0 Å². The van der Waals surface area contributed by atoms with E-state index in [0.717, 1.165) is 54.8 Å². The maximum absolute atomic E-state index is 12.7. The largest absolute Gasteiger partial charge is 0.370 e. The van der Waals surface area contributed by atoms with E-state index in [1.54, 1.807) is 12.2 Å². The molecule has 2 aliphatic rings. The summed E-state index contributed by atoms with van der Waals surface area (Å²) in [6, 6.07) is 11.7. The lowest BCUT2D eigenvalue weighted by molar-refractivity contribution is -0.127. The van der Waals surface area contributed by atoms with Crippen LogP contribution in [0.15, 0.2) is 48.7 Å². The van der Waals surface area contributed by atoms with Gasteiger partial charge in [-0.15, -0.1) is 0 Å². The lowest BCUT2D eigenvalue weighted by Crippen LogP contribution is -2.38. The number of rotatable bonds is 4. The van der Waals surface area contributed by atoms with Gasteiger partial charge in [-0.2, -0.15) is 0 Å². The standard InChI is InChI=1S/C24H25ClN4O2/c25-19-6-2-1-5-17(19)9-10-22(30)28-14-11-18(12-15-28)29-23-20(7-3-13-26-23)27-24(29)21-8-4-16-31-21/h1-3,5-7,9-10,13,18,21H,4,8,11-12,14-16H2/b10-9+/t21-/m1/s1. The Morgan fingerprint density at radius 2 is 1.97 bits per heavy atom. The van der Waals surface area contributed by atoms with Crippen LogP contribution in [-0.4, -0.2) is 45.0 Å². The van der Waals surface area contributed by atoms with Crippen LogP contribution in [0, 0.1) is 0 Å². The number of carbonyl (C=O) groups is 1. The lowest BCUT2D eigenvalue weighted by Gasteiger charge is -2.33. The number of carbonyl (C=O) groups excluding carboxylic acids is 1. The van der Waals surface area contributed by atoms with Crippen LogP contribution in [-0.2, 0) is 9.53 Å². The van der Waals surface area contributed by atoms with Crippen molar-refractivity contribution in [1.82, 2.24) is 19.4 Å². The third-order valence-corrected chi connectivity index (χ3v) is 6.49. The Morgan fingerprint density at radius 3 is 2.74 bits per heavy atom. The topological polar surface area (TPSA) is 60.2 Å². The van der Waals surface area contributed by atoms with Crippen molar-refractivity contribution in [1.29, 1.82) is 0 Å². The molecule has 0 saturated carbocycles. The first-order valence-electron chi connectivity index (χ1n) is 10.9. The number of ether oxygens (including phenoxy) is 1. The minimum absolute atomic E-state index is 0.0198. The summed E-state index contributed by atoms with van der Waals surface area (Å²) in [5.74, 6) is 1.00. The second-order valence-corrected chi connectivity index (χ2v) is 8.51. The quantitative estimate of drug-likeness (QED) is 0.550. The van der Waals surface area contributed by atoms with Gasteiger partial charge in [-0.05, 0) is 55.5 Å². The molecule has 1 amide bonds. The van der Waals surface area contributed by atoms with Gasteiger partial charge in [0.15, 0.2) is 5.65 Å². The molecule has 2 aliphatic heterocycles. The predicted molar refractivity (Wildman–Crippen MR) is 121 cm³/mol. The summed E-state index contributed by atoms with van der Waals surface area (Å²) in [5, 5.41) is 0.645. The summed E-state index contributed by atoms with van der Waals surface area (Å²) in [7, 11) is 0. The number of aromatic nitrogens is 3. The summed E-state index contributed by atoms with van der Waals surface area (Å²) >= 11 is 6.19. The Bertz CT molecular complexity index is 1110. The van der Waals surface area contributed by atoms with Crippen molar-refractivity contribution >= 4 is 34.7 Å². The Morgan fingerprint density at radius 1 is 1.13 bits per heavy atom. The number of imidazole rings is 1. The van der Waals surface area contributed by atoms with Gasteiger partial charge in [0.1, 0.15) is 17.4 Å². The Kier molecular flexibility index (Phi) is 5.74. The van der Waals surface area contributed by atoms with E-state index in [-0.39, 0.29) is 18.1 Å². The molecule has 5 rings (SSSR count). The number of benzene rings is 1. The summed E-state index contributed by atoms with van der Waals surface area (Å²) in [4.78, 5) is 24.1. The van der Waals surface area contributed by atoms with Gasteiger partial charge < -0.3 is 14.2 Å². The molecule has 160 valence electrons. The van der Waals surface area contributed by atoms with Gasteiger partial charge in [-0.1, -0.05) is 29.8 Å². The van der Waals surface area contributed by atoms with Gasteiger partial charge in [0.05, 0.1) is 0 Å². The van der Waals surface area contributed by atoms with Gasteiger partial charge in [0.25, 0.3) is 0 Å². The van der Waals surface area contributed by atoms with Gasteiger partial charge in [-0.25, -0.2) is 9.97 Å². The molecule has 4 heterocycles. The third-order valence-electron chi connectivity index (χ3n) is 6.15. The maximum Gasteiger partial charge on any atom is 0.246 e. The normalized spacial score (nSPS) is 20.2. The van der Waals surface area contributed by atoms with Crippen LogP contribution in [0.4, 0.5) is 0 Å². The highest BCUT2D eigenvalue weighted by molar-refractivity contribution is 6.32. The molecule has 1 atom stereocenters. The third kappa shape index (κ3) is 4.10. The average Bonchev–Trinajstić information content (AvgIpc) is 3.46. The molecule has 1 aromatic carbocycles. The minimum atomic E-state index is 0.0198. The monoisotopic (exact) mass is 436 g/mol. The number of hydrogen-bond acceptors (Lipinski definition) is 4. The van der Waals surface area contributed by atoms with Crippen molar-refractivity contribution in [2.75, 3.05) is 19.7 Å². The maximum atomic E-state index is 12.7. The van der Waals surface area contributed by atoms with Crippen molar-refractivity contribution in [2.24, 2.45) is 0 Å². The van der Waals surface area contributed by atoms with E-state index in [0.29, 0.717) is 18.1 Å². The van der Waals surface area contributed by atoms with Crippen molar-refractivity contribution in [3.63, 3.8) is 0 Å². The number of nitrogens with zero attached hydrogens (tertiary/aromatic N) is 4. The van der Waals surface area contributed by atoms with Crippen LogP contribution >= 0.6 is 11.6 Å². The molecule has 0 N–H and O–H groups in total. The number of fused-ring (bicyclic) bond motifs is 1. The van der Waals surface area contributed by atoms with Crippen LogP contribution < -0.4 is 0 Å². The molecule has 0 radical (unpaired) electrons. The smallest absolute Gasteiger partial charge is 0.246 e. The van der Waals surface area contributed by atoms with Crippen LogP contribution in [0.25, 0.3) is 17.2 Å². The molecule has 2 saturated heterocycles. The molecule has 31 heavy (non-hydrogen) atoms. The van der Waals surface area contributed by atoms with E-state index in [2.05, 4.69) is 9.55 Å². The van der Waals surface area contributed by atoms with Crippen LogP contribution in [0.2, 0.25) is 5.02 Å². The average molecular weight is 437 g/mol. The minimum Gasteiger partial charge on any atom is -0.370 e. The Labute approximate surface area is 186 Å². The van der Waals surface area contributed by atoms with Gasteiger partial charge in [-0.3, -0.25) is 4.79 Å². The van der Waals surface area contributed by atoms with E-state index >= 15 is 0 Å². The number of hydrogen-bond donors (Lipinski definition) is 0. The van der Waals surface area contributed by atoms with E-state index in [1.807, 2.05) is 47.5 Å². The molecule has 3 aromatic rings. The molecule has 0 unspecified atom stereocenters. The first-order valence-corrected chi connectivity index (χ1v) is 11.2. The first kappa shape index (κ1) is 20.2. The fourth-order valence-electron chi connectivity index (χ4n) is 4.54. The fraction of sp³-hybridized carbons (Fsp3) is 0.375. The van der Waals surface area contributed by atoms with E-state index in [4.69, 9.17) is 21.3 Å². The van der Waals surface area contributed by atoms with Crippen molar-refractivity contribution in [3.05, 3.63) is 65.1 Å². The SMILES string of the molecule is O=C(/C=C/c1ccccc1Cl)N1CCC(n2c([C@H]3CCCO3)nc3cccnc32)CC1. The van der Waals surface area contributed by atoms with Gasteiger partial charge in [0.2, 0.25) is 5.91 Å². The molecular weight excluding hydrogens is 412 g/mol. The first-order chi connectivity index (χ1) is 15.2. The Balaban J connectivity index is 1.32. The molecule has 0 aliphatic carbocycles. The zero-order chi connectivity index (χ0) is 21.2. The zero-order valence-electron chi connectivity index (χ0n) is 17.3. The number of likely N-dealkylation sites (tertiary alicyclic amines) is 1. The summed E-state index contributed by atoms with van der Waals surface area (Å²) in [6.07, 6.45) is 9.05. The highest BCUT2D eigenvalue weighted by atomic mass is 35.5. The second-order valence-electron chi connectivity index (χ2n) is 8.10. The molecule has 0 spiro atoms. The summed E-state index contributed by atoms with van der Waals surface area (Å²) in [5.41, 5.74) is 2.68. The summed E-state index contributed by atoms with van der Waals surface area (Å²) in [6.45, 7) is 2.19. The van der Waals surface area contributed by atoms with Crippen LogP contribution in [0.5, 0.6) is 0 Å². The predicted octanol–water partition coefficient (Wildman–Crippen LogP) is 4.81. The van der Waals surface area contributed by atoms with Gasteiger partial charge in [0, 0.05) is 43.0 Å². The van der Waals surface area contributed by atoms with Crippen molar-refractivity contribution < 1.29 is 9.53 Å². The molecule has 6 nitrogen and oxygen atoms in total. The van der Waals surface area contributed by atoms with Crippen LogP contribution in [0.3, 0.4) is 0 Å². The zero-order valence-corrected chi connectivity index (χ0v) is 18.0. The Hall–Kier alpha value is -2.70. The van der Waals surface area contributed by atoms with Crippen molar-refractivity contribution in [2.45, 2.75) is 37.8 Å². The van der Waals surface area contributed by atoms with E-state index in [9.17, 15) is 4.79 Å². The van der Waals surface area contributed by atoms with Crippen molar-refractivity contribution in [3.8, 4) is 0 Å².